The van der Waals surface area contributed by atoms with Crippen molar-refractivity contribution >= 4 is 23.4 Å². The van der Waals surface area contributed by atoms with E-state index in [1.165, 1.54) is 0 Å². The SMILES string of the molecule is Cc1ccc(C(=O)c2ccccc2C(=O)O[C@@H](C)c2ccccc2Cl)cc1. The van der Waals surface area contributed by atoms with Crippen molar-refractivity contribution < 1.29 is 14.3 Å². The van der Waals surface area contributed by atoms with E-state index in [0.29, 0.717) is 16.1 Å². The third kappa shape index (κ3) is 4.26. The number of esters is 1. The summed E-state index contributed by atoms with van der Waals surface area (Å²) in [7, 11) is 0. The normalized spacial score (nSPS) is 11.7. The molecule has 4 heteroatoms. The molecule has 0 saturated carbocycles. The van der Waals surface area contributed by atoms with Crippen LogP contribution in [0.3, 0.4) is 0 Å². The van der Waals surface area contributed by atoms with Crippen molar-refractivity contribution in [1.29, 1.82) is 0 Å². The number of benzene rings is 3. The molecule has 0 aromatic heterocycles. The van der Waals surface area contributed by atoms with Crippen molar-refractivity contribution in [1.82, 2.24) is 0 Å². The summed E-state index contributed by atoms with van der Waals surface area (Å²) in [6, 6.07) is 21.1. The monoisotopic (exact) mass is 378 g/mol. The molecule has 0 aliphatic heterocycles. The number of ketones is 1. The van der Waals surface area contributed by atoms with Gasteiger partial charge in [0, 0.05) is 21.7 Å². The van der Waals surface area contributed by atoms with E-state index in [9.17, 15) is 9.59 Å². The first kappa shape index (κ1) is 18.9. The lowest BCUT2D eigenvalue weighted by atomic mass is 9.97. The van der Waals surface area contributed by atoms with Gasteiger partial charge in [0.25, 0.3) is 0 Å². The molecule has 3 aromatic carbocycles. The first-order chi connectivity index (χ1) is 13.0. The second-order valence-electron chi connectivity index (χ2n) is 6.31. The van der Waals surface area contributed by atoms with E-state index in [2.05, 4.69) is 0 Å². The molecule has 3 aromatic rings. The topological polar surface area (TPSA) is 43.4 Å². The van der Waals surface area contributed by atoms with Gasteiger partial charge in [0.15, 0.2) is 5.78 Å². The Bertz CT molecular complexity index is 977. The molecule has 0 spiro atoms. The Morgan fingerprint density at radius 1 is 0.852 bits per heavy atom. The third-order valence-corrected chi connectivity index (χ3v) is 4.68. The largest absolute Gasteiger partial charge is 0.454 e. The molecule has 3 rings (SSSR count). The van der Waals surface area contributed by atoms with Gasteiger partial charge in [0.05, 0.1) is 5.56 Å². The van der Waals surface area contributed by atoms with E-state index in [-0.39, 0.29) is 11.3 Å². The van der Waals surface area contributed by atoms with Gasteiger partial charge in [-0.25, -0.2) is 4.79 Å². The van der Waals surface area contributed by atoms with Crippen LogP contribution >= 0.6 is 11.6 Å². The summed E-state index contributed by atoms with van der Waals surface area (Å²) in [6.45, 7) is 3.71. The Labute approximate surface area is 163 Å². The fraction of sp³-hybridized carbons (Fsp3) is 0.130. The van der Waals surface area contributed by atoms with Gasteiger partial charge in [-0.05, 0) is 26.0 Å². The van der Waals surface area contributed by atoms with Crippen molar-refractivity contribution in [3.05, 3.63) is 106 Å². The maximum Gasteiger partial charge on any atom is 0.339 e. The predicted octanol–water partition coefficient (Wildman–Crippen LogP) is 5.80. The lowest BCUT2D eigenvalue weighted by Crippen LogP contribution is -2.14. The van der Waals surface area contributed by atoms with E-state index >= 15 is 0 Å². The zero-order valence-corrected chi connectivity index (χ0v) is 15.9. The number of aryl methyl sites for hydroxylation is 1. The molecule has 0 fully saturated rings. The van der Waals surface area contributed by atoms with Gasteiger partial charge < -0.3 is 4.74 Å². The molecule has 0 aliphatic carbocycles. The van der Waals surface area contributed by atoms with E-state index in [4.69, 9.17) is 16.3 Å². The minimum atomic E-state index is -0.557. The van der Waals surface area contributed by atoms with Crippen molar-refractivity contribution in [2.75, 3.05) is 0 Å². The predicted molar refractivity (Wildman–Crippen MR) is 106 cm³/mol. The number of halogens is 1. The number of rotatable bonds is 5. The first-order valence-electron chi connectivity index (χ1n) is 8.63. The molecule has 0 heterocycles. The second kappa shape index (κ2) is 8.19. The fourth-order valence-electron chi connectivity index (χ4n) is 2.81. The number of hydrogen-bond donors (Lipinski definition) is 0. The minimum absolute atomic E-state index is 0.215. The van der Waals surface area contributed by atoms with Crippen LogP contribution in [0, 0.1) is 6.92 Å². The molecular weight excluding hydrogens is 360 g/mol. The van der Waals surface area contributed by atoms with Crippen LogP contribution in [0.5, 0.6) is 0 Å². The third-order valence-electron chi connectivity index (χ3n) is 4.33. The van der Waals surface area contributed by atoms with Crippen LogP contribution < -0.4 is 0 Å². The zero-order chi connectivity index (χ0) is 19.4. The molecule has 27 heavy (non-hydrogen) atoms. The van der Waals surface area contributed by atoms with Crippen molar-refractivity contribution in [3.63, 3.8) is 0 Å². The van der Waals surface area contributed by atoms with E-state index in [1.54, 1.807) is 49.4 Å². The average molecular weight is 379 g/mol. The fourth-order valence-corrected chi connectivity index (χ4v) is 3.10. The molecule has 136 valence electrons. The summed E-state index contributed by atoms with van der Waals surface area (Å²) >= 11 is 6.18. The highest BCUT2D eigenvalue weighted by Gasteiger charge is 2.21. The van der Waals surface area contributed by atoms with Crippen molar-refractivity contribution in [2.45, 2.75) is 20.0 Å². The second-order valence-corrected chi connectivity index (χ2v) is 6.72. The molecule has 3 nitrogen and oxygen atoms in total. The van der Waals surface area contributed by atoms with Gasteiger partial charge in [0.2, 0.25) is 0 Å². The lowest BCUT2D eigenvalue weighted by Gasteiger charge is -2.16. The zero-order valence-electron chi connectivity index (χ0n) is 15.1. The van der Waals surface area contributed by atoms with Gasteiger partial charge in [-0.15, -0.1) is 0 Å². The van der Waals surface area contributed by atoms with Crippen LogP contribution in [0.25, 0.3) is 0 Å². The minimum Gasteiger partial charge on any atom is -0.454 e. The maximum absolute atomic E-state index is 12.9. The van der Waals surface area contributed by atoms with Crippen LogP contribution in [-0.2, 0) is 4.74 Å². The summed E-state index contributed by atoms with van der Waals surface area (Å²) in [5, 5.41) is 0.529. The highest BCUT2D eigenvalue weighted by molar-refractivity contribution is 6.31. The summed E-state index contributed by atoms with van der Waals surface area (Å²) in [5.74, 6) is -0.772. The van der Waals surface area contributed by atoms with Crippen LogP contribution in [0.1, 0.15) is 50.4 Å². The Balaban J connectivity index is 1.87. The Kier molecular flexibility index (Phi) is 5.72. The Morgan fingerprint density at radius 3 is 2.11 bits per heavy atom. The first-order valence-corrected chi connectivity index (χ1v) is 9.01. The highest BCUT2D eigenvalue weighted by atomic mass is 35.5. The molecule has 0 N–H and O–H groups in total. The standard InChI is InChI=1S/C23H19ClO3/c1-15-11-13-17(14-12-15)22(25)19-8-3-4-9-20(19)23(26)27-16(2)18-7-5-6-10-21(18)24/h3-14,16H,1-2H3/t16-/m0/s1. The van der Waals surface area contributed by atoms with Crippen LogP contribution in [0.4, 0.5) is 0 Å². The van der Waals surface area contributed by atoms with Crippen molar-refractivity contribution in [2.24, 2.45) is 0 Å². The lowest BCUT2D eigenvalue weighted by molar-refractivity contribution is 0.0336. The number of hydrogen-bond acceptors (Lipinski definition) is 3. The van der Waals surface area contributed by atoms with Gasteiger partial charge in [-0.2, -0.15) is 0 Å². The van der Waals surface area contributed by atoms with Crippen LogP contribution in [0.2, 0.25) is 5.02 Å². The molecular formula is C23H19ClO3. The van der Waals surface area contributed by atoms with Gasteiger partial charge in [0.1, 0.15) is 6.10 Å². The van der Waals surface area contributed by atoms with Crippen LogP contribution in [0.15, 0.2) is 72.8 Å². The molecule has 0 saturated heterocycles. The molecule has 0 radical (unpaired) electrons. The number of ether oxygens (including phenoxy) is 1. The number of carbonyl (C=O) groups excluding carboxylic acids is 2. The van der Waals surface area contributed by atoms with Gasteiger partial charge in [-0.3, -0.25) is 4.79 Å². The van der Waals surface area contributed by atoms with Crippen LogP contribution in [-0.4, -0.2) is 11.8 Å². The Hall–Kier alpha value is -2.91. The summed E-state index contributed by atoms with van der Waals surface area (Å²) in [4.78, 5) is 25.6. The Morgan fingerprint density at radius 2 is 1.44 bits per heavy atom. The summed E-state index contributed by atoms with van der Waals surface area (Å²) < 4.78 is 5.57. The molecule has 1 atom stereocenters. The average Bonchev–Trinajstić information content (AvgIpc) is 2.68. The number of carbonyl (C=O) groups is 2. The van der Waals surface area contributed by atoms with Crippen molar-refractivity contribution in [3.8, 4) is 0 Å². The van der Waals surface area contributed by atoms with E-state index in [1.807, 2.05) is 37.3 Å². The molecule has 0 unspecified atom stereocenters. The van der Waals surface area contributed by atoms with Gasteiger partial charge in [-0.1, -0.05) is 77.8 Å². The highest BCUT2D eigenvalue weighted by Crippen LogP contribution is 2.26. The maximum atomic E-state index is 12.9. The van der Waals surface area contributed by atoms with E-state index < -0.39 is 12.1 Å². The molecule has 0 amide bonds. The smallest absolute Gasteiger partial charge is 0.339 e. The molecule has 0 aliphatic rings. The van der Waals surface area contributed by atoms with Gasteiger partial charge >= 0.3 is 5.97 Å². The quantitative estimate of drug-likeness (QED) is 0.416. The molecule has 0 bridgehead atoms. The van der Waals surface area contributed by atoms with E-state index in [0.717, 1.165) is 11.1 Å². The summed E-state index contributed by atoms with van der Waals surface area (Å²) in [5.41, 5.74) is 2.86. The summed E-state index contributed by atoms with van der Waals surface area (Å²) in [6.07, 6.45) is -0.534.